The van der Waals surface area contributed by atoms with Crippen molar-refractivity contribution in [1.29, 1.82) is 0 Å². The molecule has 4 rings (SSSR count). The summed E-state index contributed by atoms with van der Waals surface area (Å²) in [6.45, 7) is 8.40. The molecule has 3 aromatic rings. The number of piperidine rings is 1. The van der Waals surface area contributed by atoms with Crippen molar-refractivity contribution in [3.05, 3.63) is 71.9 Å². The molecule has 0 radical (unpaired) electrons. The van der Waals surface area contributed by atoms with Crippen molar-refractivity contribution < 1.29 is 14.3 Å². The van der Waals surface area contributed by atoms with Gasteiger partial charge in [0.05, 0.1) is 5.56 Å². The van der Waals surface area contributed by atoms with E-state index in [0.717, 1.165) is 35.9 Å². The molecule has 2 amide bonds. The summed E-state index contributed by atoms with van der Waals surface area (Å²) < 4.78 is 7.63. The number of benzene rings is 2. The first-order valence-corrected chi connectivity index (χ1v) is 12.1. The van der Waals surface area contributed by atoms with Crippen LogP contribution in [0.1, 0.15) is 49.5 Å². The third-order valence-corrected chi connectivity index (χ3v) is 6.35. The maximum Gasteiger partial charge on any atom is 0.410 e. The SMILES string of the molecule is CN(CC1CCN(C(=O)c2cn(Cc3ccccc3)c3ccccc23)CC1)C(=O)OC(C)(C)C. The molecule has 1 saturated heterocycles. The van der Waals surface area contributed by atoms with Crippen LogP contribution in [0.3, 0.4) is 0 Å². The van der Waals surface area contributed by atoms with Gasteiger partial charge in [-0.15, -0.1) is 0 Å². The second kappa shape index (κ2) is 9.92. The second-order valence-electron chi connectivity index (χ2n) is 10.3. The Bertz CT molecular complexity index is 1140. The first-order valence-electron chi connectivity index (χ1n) is 12.1. The number of para-hydroxylation sites is 1. The van der Waals surface area contributed by atoms with Gasteiger partial charge < -0.3 is 19.1 Å². The number of amides is 2. The average Bonchev–Trinajstić information content (AvgIpc) is 3.17. The molecule has 6 nitrogen and oxygen atoms in total. The lowest BCUT2D eigenvalue weighted by atomic mass is 9.96. The Morgan fingerprint density at radius 1 is 1.00 bits per heavy atom. The Hall–Kier alpha value is -3.28. The quantitative estimate of drug-likeness (QED) is 0.511. The summed E-state index contributed by atoms with van der Waals surface area (Å²) in [5.41, 5.74) is 2.54. The molecule has 180 valence electrons. The number of hydrogen-bond acceptors (Lipinski definition) is 3. The summed E-state index contributed by atoms with van der Waals surface area (Å²) in [4.78, 5) is 29.4. The van der Waals surface area contributed by atoms with Gasteiger partial charge in [0.1, 0.15) is 5.60 Å². The van der Waals surface area contributed by atoms with Crippen LogP contribution < -0.4 is 0 Å². The molecule has 0 bridgehead atoms. The van der Waals surface area contributed by atoms with E-state index in [9.17, 15) is 9.59 Å². The van der Waals surface area contributed by atoms with Crippen molar-refractivity contribution in [3.63, 3.8) is 0 Å². The van der Waals surface area contributed by atoms with Crippen molar-refractivity contribution in [2.24, 2.45) is 5.92 Å². The van der Waals surface area contributed by atoms with Crippen LogP contribution >= 0.6 is 0 Å². The Labute approximate surface area is 202 Å². The summed E-state index contributed by atoms with van der Waals surface area (Å²) in [6.07, 6.45) is 3.46. The van der Waals surface area contributed by atoms with Crippen LogP contribution in [0.25, 0.3) is 10.9 Å². The lowest BCUT2D eigenvalue weighted by Gasteiger charge is -2.34. The van der Waals surface area contributed by atoms with E-state index in [2.05, 4.69) is 22.8 Å². The number of likely N-dealkylation sites (tertiary alicyclic amines) is 1. The normalized spacial score (nSPS) is 14.9. The van der Waals surface area contributed by atoms with Crippen molar-refractivity contribution >= 4 is 22.9 Å². The molecule has 2 aromatic carbocycles. The summed E-state index contributed by atoms with van der Waals surface area (Å²) in [5.74, 6) is 0.447. The number of nitrogens with zero attached hydrogens (tertiary/aromatic N) is 3. The van der Waals surface area contributed by atoms with Gasteiger partial charge in [-0.05, 0) is 51.2 Å². The minimum Gasteiger partial charge on any atom is -0.444 e. The molecule has 1 fully saturated rings. The van der Waals surface area contributed by atoms with Crippen LogP contribution in [0, 0.1) is 5.92 Å². The number of aromatic nitrogens is 1. The van der Waals surface area contributed by atoms with Crippen molar-refractivity contribution in [2.75, 3.05) is 26.7 Å². The Kier molecular flexibility index (Phi) is 6.96. The first-order chi connectivity index (χ1) is 16.2. The first kappa shape index (κ1) is 23.9. The fourth-order valence-corrected chi connectivity index (χ4v) is 4.62. The minimum absolute atomic E-state index is 0.0851. The van der Waals surface area contributed by atoms with Gasteiger partial charge in [0, 0.05) is 50.3 Å². The summed E-state index contributed by atoms with van der Waals surface area (Å²) in [6, 6.07) is 18.4. The molecule has 0 aliphatic carbocycles. The third kappa shape index (κ3) is 5.61. The Balaban J connectivity index is 1.41. The molecule has 0 saturated carbocycles. The van der Waals surface area contributed by atoms with E-state index in [1.807, 2.05) is 68.3 Å². The largest absolute Gasteiger partial charge is 0.444 e. The molecule has 0 unspecified atom stereocenters. The zero-order valence-electron chi connectivity index (χ0n) is 20.7. The maximum absolute atomic E-state index is 13.5. The number of carbonyl (C=O) groups is 2. The highest BCUT2D eigenvalue weighted by atomic mass is 16.6. The molecule has 1 aliphatic heterocycles. The molecule has 34 heavy (non-hydrogen) atoms. The predicted molar refractivity (Wildman–Crippen MR) is 135 cm³/mol. The standard InChI is InChI=1S/C28H35N3O3/c1-28(2,3)34-27(33)29(4)18-22-14-16-30(17-15-22)26(32)24-20-31(19-21-10-6-5-7-11-21)25-13-9-8-12-23(24)25/h5-13,20,22H,14-19H2,1-4H3. The topological polar surface area (TPSA) is 54.8 Å². The van der Waals surface area contributed by atoms with Gasteiger partial charge in [0.25, 0.3) is 5.91 Å². The monoisotopic (exact) mass is 461 g/mol. The van der Waals surface area contributed by atoms with Crippen LogP contribution in [0.4, 0.5) is 4.79 Å². The molecule has 1 aliphatic rings. The molecule has 6 heteroatoms. The summed E-state index contributed by atoms with van der Waals surface area (Å²) in [7, 11) is 1.78. The van der Waals surface area contributed by atoms with Crippen LogP contribution in [0.15, 0.2) is 60.8 Å². The van der Waals surface area contributed by atoms with Gasteiger partial charge in [-0.3, -0.25) is 4.79 Å². The van der Waals surface area contributed by atoms with Crippen molar-refractivity contribution in [3.8, 4) is 0 Å². The van der Waals surface area contributed by atoms with Crippen LogP contribution in [-0.4, -0.2) is 58.7 Å². The van der Waals surface area contributed by atoms with E-state index in [4.69, 9.17) is 4.74 Å². The lowest BCUT2D eigenvalue weighted by molar-refractivity contribution is 0.0246. The summed E-state index contributed by atoms with van der Waals surface area (Å²) >= 11 is 0. The Morgan fingerprint density at radius 2 is 1.65 bits per heavy atom. The van der Waals surface area contributed by atoms with Gasteiger partial charge in [0.2, 0.25) is 0 Å². The van der Waals surface area contributed by atoms with E-state index in [1.54, 1.807) is 11.9 Å². The number of rotatable bonds is 5. The zero-order valence-corrected chi connectivity index (χ0v) is 20.7. The molecule has 0 atom stereocenters. The highest BCUT2D eigenvalue weighted by Crippen LogP contribution is 2.26. The van der Waals surface area contributed by atoms with Gasteiger partial charge in [-0.2, -0.15) is 0 Å². The molecular formula is C28H35N3O3. The van der Waals surface area contributed by atoms with E-state index in [1.165, 1.54) is 5.56 Å². The van der Waals surface area contributed by atoms with E-state index < -0.39 is 5.60 Å². The van der Waals surface area contributed by atoms with Gasteiger partial charge >= 0.3 is 6.09 Å². The smallest absolute Gasteiger partial charge is 0.410 e. The molecule has 2 heterocycles. The number of hydrogen-bond donors (Lipinski definition) is 0. The average molecular weight is 462 g/mol. The highest BCUT2D eigenvalue weighted by molar-refractivity contribution is 6.07. The Morgan fingerprint density at radius 3 is 2.32 bits per heavy atom. The highest BCUT2D eigenvalue weighted by Gasteiger charge is 2.28. The number of carbonyl (C=O) groups excluding carboxylic acids is 2. The van der Waals surface area contributed by atoms with Crippen LogP contribution in [0.2, 0.25) is 0 Å². The third-order valence-electron chi connectivity index (χ3n) is 6.35. The van der Waals surface area contributed by atoms with E-state index in [0.29, 0.717) is 25.6 Å². The summed E-state index contributed by atoms with van der Waals surface area (Å²) in [5, 5.41) is 0.996. The van der Waals surface area contributed by atoms with E-state index >= 15 is 0 Å². The van der Waals surface area contributed by atoms with Gasteiger partial charge in [-0.25, -0.2) is 4.79 Å². The predicted octanol–water partition coefficient (Wildman–Crippen LogP) is 5.41. The minimum atomic E-state index is -0.499. The molecule has 1 aromatic heterocycles. The maximum atomic E-state index is 13.5. The van der Waals surface area contributed by atoms with Crippen LogP contribution in [0.5, 0.6) is 0 Å². The zero-order chi connectivity index (χ0) is 24.3. The van der Waals surface area contributed by atoms with E-state index in [-0.39, 0.29) is 12.0 Å². The molecule has 0 spiro atoms. The number of ether oxygens (including phenoxy) is 1. The fourth-order valence-electron chi connectivity index (χ4n) is 4.62. The molecule has 0 N–H and O–H groups in total. The fraction of sp³-hybridized carbons (Fsp3) is 0.429. The van der Waals surface area contributed by atoms with Gasteiger partial charge in [-0.1, -0.05) is 48.5 Å². The molecular weight excluding hydrogens is 426 g/mol. The second-order valence-corrected chi connectivity index (χ2v) is 10.3. The lowest BCUT2D eigenvalue weighted by Crippen LogP contribution is -2.43. The van der Waals surface area contributed by atoms with Crippen molar-refractivity contribution in [1.82, 2.24) is 14.4 Å². The van der Waals surface area contributed by atoms with Crippen molar-refractivity contribution in [2.45, 2.75) is 45.8 Å². The van der Waals surface area contributed by atoms with Gasteiger partial charge in [0.15, 0.2) is 0 Å². The number of fused-ring (bicyclic) bond motifs is 1. The van der Waals surface area contributed by atoms with Crippen LogP contribution in [-0.2, 0) is 11.3 Å².